The molecule has 0 spiro atoms. The molecule has 0 radical (unpaired) electrons. The molecule has 0 aromatic heterocycles. The lowest BCUT2D eigenvalue weighted by atomic mass is 10.1. The van der Waals surface area contributed by atoms with Crippen molar-refractivity contribution < 1.29 is 4.74 Å². The summed E-state index contributed by atoms with van der Waals surface area (Å²) in [5.41, 5.74) is 1.47. The second-order valence-corrected chi connectivity index (χ2v) is 8.23. The minimum Gasteiger partial charge on any atom is -0.377 e. The third-order valence-electron chi connectivity index (χ3n) is 3.27. The van der Waals surface area contributed by atoms with Crippen molar-refractivity contribution in [3.63, 3.8) is 0 Å². The predicted molar refractivity (Wildman–Crippen MR) is 90.4 cm³/mol. The normalized spacial score (nSPS) is 19.5. The van der Waals surface area contributed by atoms with Gasteiger partial charge in [-0.2, -0.15) is 0 Å². The van der Waals surface area contributed by atoms with Gasteiger partial charge in [0.1, 0.15) is 0 Å². The number of rotatable bonds is 5. The highest BCUT2D eigenvalue weighted by molar-refractivity contribution is 9.10. The number of ether oxygens (including phenoxy) is 1. The molecule has 1 atom stereocenters. The standard InChI is InChI=1S/C16H24BrNOS/c1-16(2,3)18-10-12-6-7-15(14(17)9-12)20-11-13-5-4-8-19-13/h6-7,9,13,18H,4-5,8,10-11H2,1-3H3. The van der Waals surface area contributed by atoms with Gasteiger partial charge < -0.3 is 10.1 Å². The number of hydrogen-bond donors (Lipinski definition) is 1. The molecular formula is C16H24BrNOS. The van der Waals surface area contributed by atoms with Crippen LogP contribution in [0.15, 0.2) is 27.6 Å². The maximum absolute atomic E-state index is 5.67. The average Bonchev–Trinajstić information content (AvgIpc) is 2.87. The Morgan fingerprint density at radius 1 is 1.40 bits per heavy atom. The van der Waals surface area contributed by atoms with Gasteiger partial charge in [-0.1, -0.05) is 6.07 Å². The van der Waals surface area contributed by atoms with Crippen LogP contribution >= 0.6 is 27.7 Å². The summed E-state index contributed by atoms with van der Waals surface area (Å²) in [6.45, 7) is 8.40. The largest absolute Gasteiger partial charge is 0.377 e. The Balaban J connectivity index is 1.88. The number of nitrogens with one attached hydrogen (secondary N) is 1. The molecule has 20 heavy (non-hydrogen) atoms. The third kappa shape index (κ3) is 5.40. The van der Waals surface area contributed by atoms with Gasteiger partial charge in [-0.15, -0.1) is 11.8 Å². The van der Waals surface area contributed by atoms with Crippen molar-refractivity contribution in [2.24, 2.45) is 0 Å². The van der Waals surface area contributed by atoms with Crippen LogP contribution < -0.4 is 5.32 Å². The van der Waals surface area contributed by atoms with Crippen LogP contribution in [0.25, 0.3) is 0 Å². The Morgan fingerprint density at radius 3 is 2.80 bits per heavy atom. The minimum atomic E-state index is 0.152. The molecular weight excluding hydrogens is 334 g/mol. The highest BCUT2D eigenvalue weighted by Gasteiger charge is 2.16. The molecule has 1 aromatic carbocycles. The van der Waals surface area contributed by atoms with E-state index < -0.39 is 0 Å². The Labute approximate surface area is 135 Å². The van der Waals surface area contributed by atoms with Crippen LogP contribution in [-0.4, -0.2) is 24.0 Å². The quantitative estimate of drug-likeness (QED) is 0.777. The average molecular weight is 358 g/mol. The zero-order chi connectivity index (χ0) is 14.6. The molecule has 1 N–H and O–H groups in total. The van der Waals surface area contributed by atoms with Gasteiger partial charge in [0.15, 0.2) is 0 Å². The zero-order valence-corrected chi connectivity index (χ0v) is 14.9. The van der Waals surface area contributed by atoms with Gasteiger partial charge >= 0.3 is 0 Å². The summed E-state index contributed by atoms with van der Waals surface area (Å²) in [6.07, 6.45) is 2.86. The minimum absolute atomic E-state index is 0.152. The first-order valence-electron chi connectivity index (χ1n) is 7.22. The number of hydrogen-bond acceptors (Lipinski definition) is 3. The van der Waals surface area contributed by atoms with Crippen molar-refractivity contribution in [2.75, 3.05) is 12.4 Å². The fourth-order valence-corrected chi connectivity index (χ4v) is 3.86. The Kier molecular flexibility index (Phi) is 5.96. The SMILES string of the molecule is CC(C)(C)NCc1ccc(SCC2CCCO2)c(Br)c1. The number of thioether (sulfide) groups is 1. The van der Waals surface area contributed by atoms with E-state index in [4.69, 9.17) is 4.74 Å². The third-order valence-corrected chi connectivity index (χ3v) is 5.39. The van der Waals surface area contributed by atoms with Gasteiger partial charge in [0.2, 0.25) is 0 Å². The van der Waals surface area contributed by atoms with Crippen LogP contribution in [-0.2, 0) is 11.3 Å². The van der Waals surface area contributed by atoms with Gasteiger partial charge in [0, 0.05) is 33.8 Å². The maximum Gasteiger partial charge on any atom is 0.0669 e. The first kappa shape index (κ1) is 16.3. The molecule has 0 aliphatic carbocycles. The van der Waals surface area contributed by atoms with Gasteiger partial charge in [0.25, 0.3) is 0 Å². The van der Waals surface area contributed by atoms with Crippen molar-refractivity contribution >= 4 is 27.7 Å². The van der Waals surface area contributed by atoms with Gasteiger partial charge in [-0.25, -0.2) is 0 Å². The molecule has 2 nitrogen and oxygen atoms in total. The van der Waals surface area contributed by atoms with E-state index in [0.717, 1.165) is 18.9 Å². The first-order chi connectivity index (χ1) is 9.44. The second-order valence-electron chi connectivity index (χ2n) is 6.31. The Bertz CT molecular complexity index is 439. The summed E-state index contributed by atoms with van der Waals surface area (Å²) in [6, 6.07) is 6.64. The topological polar surface area (TPSA) is 21.3 Å². The summed E-state index contributed by atoms with van der Waals surface area (Å²) in [5, 5.41) is 3.51. The van der Waals surface area contributed by atoms with E-state index in [2.05, 4.69) is 60.2 Å². The van der Waals surface area contributed by atoms with Crippen molar-refractivity contribution in [2.45, 2.75) is 56.7 Å². The van der Waals surface area contributed by atoms with E-state index in [1.165, 1.54) is 27.8 Å². The summed E-state index contributed by atoms with van der Waals surface area (Å²) in [4.78, 5) is 1.31. The highest BCUT2D eigenvalue weighted by Crippen LogP contribution is 2.30. The number of halogens is 1. The lowest BCUT2D eigenvalue weighted by Gasteiger charge is -2.20. The fourth-order valence-electron chi connectivity index (χ4n) is 2.10. The molecule has 1 fully saturated rings. The maximum atomic E-state index is 5.67. The molecule has 112 valence electrons. The first-order valence-corrected chi connectivity index (χ1v) is 9.00. The van der Waals surface area contributed by atoms with Crippen molar-refractivity contribution in [1.29, 1.82) is 0 Å². The summed E-state index contributed by atoms with van der Waals surface area (Å²) < 4.78 is 6.86. The molecule has 0 amide bonds. The molecule has 4 heteroatoms. The van der Waals surface area contributed by atoms with Crippen LogP contribution in [0, 0.1) is 0 Å². The van der Waals surface area contributed by atoms with Crippen LogP contribution in [0.4, 0.5) is 0 Å². The van der Waals surface area contributed by atoms with E-state index in [1.807, 2.05) is 11.8 Å². The van der Waals surface area contributed by atoms with Crippen LogP contribution in [0.3, 0.4) is 0 Å². The molecule has 0 bridgehead atoms. The lowest BCUT2D eigenvalue weighted by molar-refractivity contribution is 0.129. The van der Waals surface area contributed by atoms with Gasteiger partial charge in [0.05, 0.1) is 6.10 Å². The lowest BCUT2D eigenvalue weighted by Crippen LogP contribution is -2.35. The Morgan fingerprint density at radius 2 is 2.20 bits per heavy atom. The summed E-state index contributed by atoms with van der Waals surface area (Å²) in [5.74, 6) is 1.05. The molecule has 1 unspecified atom stereocenters. The smallest absolute Gasteiger partial charge is 0.0669 e. The monoisotopic (exact) mass is 357 g/mol. The van der Waals surface area contributed by atoms with E-state index in [9.17, 15) is 0 Å². The van der Waals surface area contributed by atoms with E-state index in [1.54, 1.807) is 0 Å². The predicted octanol–water partition coefficient (Wildman–Crippen LogP) is 4.61. The van der Waals surface area contributed by atoms with E-state index in [-0.39, 0.29) is 5.54 Å². The Hall–Kier alpha value is -0.0300. The van der Waals surface area contributed by atoms with Gasteiger partial charge in [-0.05, 0) is 67.2 Å². The van der Waals surface area contributed by atoms with Crippen LogP contribution in [0.5, 0.6) is 0 Å². The van der Waals surface area contributed by atoms with Gasteiger partial charge in [-0.3, -0.25) is 0 Å². The fraction of sp³-hybridized carbons (Fsp3) is 0.625. The highest BCUT2D eigenvalue weighted by atomic mass is 79.9. The summed E-state index contributed by atoms with van der Waals surface area (Å²) >= 11 is 5.57. The molecule has 0 saturated carbocycles. The van der Waals surface area contributed by atoms with Crippen molar-refractivity contribution in [3.05, 3.63) is 28.2 Å². The van der Waals surface area contributed by atoms with Crippen molar-refractivity contribution in [3.8, 4) is 0 Å². The van der Waals surface area contributed by atoms with E-state index in [0.29, 0.717) is 6.10 Å². The number of benzene rings is 1. The molecule has 1 heterocycles. The molecule has 1 aromatic rings. The second kappa shape index (κ2) is 7.30. The molecule has 1 aliphatic heterocycles. The zero-order valence-electron chi connectivity index (χ0n) is 12.5. The van der Waals surface area contributed by atoms with Crippen LogP contribution in [0.1, 0.15) is 39.2 Å². The molecule has 1 saturated heterocycles. The van der Waals surface area contributed by atoms with Crippen LogP contribution in [0.2, 0.25) is 0 Å². The van der Waals surface area contributed by atoms with Crippen molar-refractivity contribution in [1.82, 2.24) is 5.32 Å². The molecule has 1 aliphatic rings. The molecule has 2 rings (SSSR count). The van der Waals surface area contributed by atoms with E-state index >= 15 is 0 Å². The summed E-state index contributed by atoms with van der Waals surface area (Å²) in [7, 11) is 0.